The summed E-state index contributed by atoms with van der Waals surface area (Å²) < 4.78 is 11.1. The molecule has 0 radical (unpaired) electrons. The van der Waals surface area contributed by atoms with Crippen molar-refractivity contribution in [3.8, 4) is 22.8 Å². The van der Waals surface area contributed by atoms with Crippen LogP contribution in [0, 0.1) is 0 Å². The van der Waals surface area contributed by atoms with E-state index in [4.69, 9.17) is 8.94 Å². The number of para-hydroxylation sites is 2. The normalized spacial score (nSPS) is 11.7. The first-order valence-corrected chi connectivity index (χ1v) is 8.54. The van der Waals surface area contributed by atoms with E-state index in [-0.39, 0.29) is 0 Å². The number of rotatable bonds is 2. The Balaban J connectivity index is 1.46. The summed E-state index contributed by atoms with van der Waals surface area (Å²) in [5.41, 5.74) is 6.05. The molecule has 0 spiro atoms. The van der Waals surface area contributed by atoms with Gasteiger partial charge in [0, 0.05) is 16.5 Å². The summed E-state index contributed by atoms with van der Waals surface area (Å²) >= 11 is 0. The summed E-state index contributed by atoms with van der Waals surface area (Å²) in [5.74, 6) is 1.38. The van der Waals surface area contributed by atoms with E-state index in [0.29, 0.717) is 5.89 Å². The molecule has 0 aliphatic heterocycles. The van der Waals surface area contributed by atoms with Gasteiger partial charge in [0.25, 0.3) is 0 Å². The number of aromatic nitrogens is 4. The van der Waals surface area contributed by atoms with Gasteiger partial charge in [-0.15, -0.1) is 0 Å². The van der Waals surface area contributed by atoms with Gasteiger partial charge in [-0.25, -0.2) is 9.97 Å². The van der Waals surface area contributed by atoms with Crippen molar-refractivity contribution >= 4 is 33.1 Å². The van der Waals surface area contributed by atoms with Gasteiger partial charge in [0.15, 0.2) is 11.2 Å². The lowest BCUT2D eigenvalue weighted by Crippen LogP contribution is -1.80. The fraction of sp³-hybridized carbons (Fsp3) is 0. The molecule has 6 aromatic rings. The third kappa shape index (κ3) is 2.23. The van der Waals surface area contributed by atoms with Crippen molar-refractivity contribution in [2.45, 2.75) is 0 Å². The van der Waals surface area contributed by atoms with Crippen LogP contribution in [0.3, 0.4) is 0 Å². The number of nitrogens with one attached hydrogen (secondary N) is 1. The van der Waals surface area contributed by atoms with Gasteiger partial charge >= 0.3 is 0 Å². The van der Waals surface area contributed by atoms with Gasteiger partial charge < -0.3 is 13.9 Å². The topological polar surface area (TPSA) is 80.7 Å². The Morgan fingerprint density at radius 3 is 2.63 bits per heavy atom. The highest BCUT2D eigenvalue weighted by Gasteiger charge is 2.12. The summed E-state index contributed by atoms with van der Waals surface area (Å²) in [4.78, 5) is 12.7. The van der Waals surface area contributed by atoms with Crippen LogP contribution >= 0.6 is 0 Å². The summed E-state index contributed by atoms with van der Waals surface area (Å²) in [7, 11) is 0. The lowest BCUT2D eigenvalue weighted by Gasteiger charge is -1.95. The van der Waals surface area contributed by atoms with Crippen molar-refractivity contribution in [3.63, 3.8) is 0 Å². The minimum Gasteiger partial charge on any atom is -0.436 e. The van der Waals surface area contributed by atoms with Gasteiger partial charge in [0.1, 0.15) is 11.3 Å². The molecule has 27 heavy (non-hydrogen) atoms. The third-order valence-corrected chi connectivity index (χ3v) is 4.65. The lowest BCUT2D eigenvalue weighted by molar-refractivity contribution is 0.456. The molecule has 6 rings (SSSR count). The SMILES string of the molecule is c1ccc2[nH]c(-c3ccc4oc(-c5ccc6oncc6c5)nc4c3)nc2c1. The molecule has 6 heteroatoms. The molecule has 3 aromatic heterocycles. The maximum atomic E-state index is 5.94. The number of hydrogen-bond donors (Lipinski definition) is 1. The number of imidazole rings is 1. The zero-order valence-electron chi connectivity index (χ0n) is 14.0. The lowest BCUT2D eigenvalue weighted by atomic mass is 10.2. The van der Waals surface area contributed by atoms with Gasteiger partial charge in [-0.05, 0) is 48.5 Å². The quantitative estimate of drug-likeness (QED) is 0.464. The van der Waals surface area contributed by atoms with E-state index in [9.17, 15) is 0 Å². The maximum absolute atomic E-state index is 5.94. The number of oxazole rings is 1. The van der Waals surface area contributed by atoms with Crippen LogP contribution in [0.1, 0.15) is 0 Å². The zero-order valence-corrected chi connectivity index (χ0v) is 14.0. The smallest absolute Gasteiger partial charge is 0.227 e. The van der Waals surface area contributed by atoms with Gasteiger partial charge in [-0.2, -0.15) is 0 Å². The predicted molar refractivity (Wildman–Crippen MR) is 102 cm³/mol. The minimum atomic E-state index is 0.565. The summed E-state index contributed by atoms with van der Waals surface area (Å²) in [6, 6.07) is 19.6. The van der Waals surface area contributed by atoms with Gasteiger partial charge in [-0.1, -0.05) is 17.3 Å². The molecule has 0 aliphatic rings. The average Bonchev–Trinajstić information content (AvgIpc) is 3.42. The molecule has 0 unspecified atom stereocenters. The van der Waals surface area contributed by atoms with Crippen molar-refractivity contribution in [1.29, 1.82) is 0 Å². The summed E-state index contributed by atoms with van der Waals surface area (Å²) in [5, 5.41) is 4.72. The Kier molecular flexibility index (Phi) is 2.79. The Bertz CT molecular complexity index is 1410. The van der Waals surface area contributed by atoms with E-state index < -0.39 is 0 Å². The van der Waals surface area contributed by atoms with Crippen LogP contribution < -0.4 is 0 Å². The van der Waals surface area contributed by atoms with Crippen LogP contribution in [0.5, 0.6) is 0 Å². The second kappa shape index (κ2) is 5.28. The number of fused-ring (bicyclic) bond motifs is 3. The molecule has 3 aromatic carbocycles. The fourth-order valence-corrected chi connectivity index (χ4v) is 3.29. The van der Waals surface area contributed by atoms with Crippen LogP contribution in [-0.2, 0) is 0 Å². The molecule has 6 nitrogen and oxygen atoms in total. The first kappa shape index (κ1) is 14.3. The van der Waals surface area contributed by atoms with Crippen LogP contribution in [-0.4, -0.2) is 20.1 Å². The number of hydrogen-bond acceptors (Lipinski definition) is 5. The van der Waals surface area contributed by atoms with Crippen molar-refractivity contribution in [2.75, 3.05) is 0 Å². The average molecular weight is 352 g/mol. The Morgan fingerprint density at radius 2 is 1.67 bits per heavy atom. The molecule has 0 aliphatic carbocycles. The molecule has 0 bridgehead atoms. The molecule has 0 amide bonds. The Hall–Kier alpha value is -3.93. The van der Waals surface area contributed by atoms with E-state index in [1.807, 2.05) is 60.7 Å². The second-order valence-electron chi connectivity index (χ2n) is 6.38. The second-order valence-corrected chi connectivity index (χ2v) is 6.38. The molecule has 3 heterocycles. The van der Waals surface area contributed by atoms with E-state index in [2.05, 4.69) is 20.1 Å². The van der Waals surface area contributed by atoms with E-state index in [1.54, 1.807) is 6.20 Å². The first-order valence-electron chi connectivity index (χ1n) is 8.54. The van der Waals surface area contributed by atoms with Crippen LogP contribution in [0.15, 0.2) is 75.8 Å². The maximum Gasteiger partial charge on any atom is 0.227 e. The number of benzene rings is 3. The van der Waals surface area contributed by atoms with Crippen LogP contribution in [0.2, 0.25) is 0 Å². The van der Waals surface area contributed by atoms with Crippen LogP contribution in [0.25, 0.3) is 55.9 Å². The molecule has 0 saturated heterocycles. The van der Waals surface area contributed by atoms with Crippen LogP contribution in [0.4, 0.5) is 0 Å². The summed E-state index contributed by atoms with van der Waals surface area (Å²) in [6.45, 7) is 0. The van der Waals surface area contributed by atoms with E-state index in [1.165, 1.54) is 0 Å². The molecule has 0 fully saturated rings. The van der Waals surface area contributed by atoms with Crippen molar-refractivity contribution < 1.29 is 8.94 Å². The minimum absolute atomic E-state index is 0.565. The highest BCUT2D eigenvalue weighted by Crippen LogP contribution is 2.29. The number of nitrogens with zero attached hydrogens (tertiary/aromatic N) is 3. The van der Waals surface area contributed by atoms with E-state index in [0.717, 1.165) is 50.1 Å². The van der Waals surface area contributed by atoms with Gasteiger partial charge in [0.2, 0.25) is 5.89 Å². The molecule has 1 N–H and O–H groups in total. The first-order chi connectivity index (χ1) is 13.3. The Morgan fingerprint density at radius 1 is 0.778 bits per heavy atom. The van der Waals surface area contributed by atoms with Gasteiger partial charge in [0.05, 0.1) is 17.2 Å². The highest BCUT2D eigenvalue weighted by atomic mass is 16.5. The third-order valence-electron chi connectivity index (χ3n) is 4.65. The monoisotopic (exact) mass is 352 g/mol. The van der Waals surface area contributed by atoms with Crippen molar-refractivity contribution in [2.24, 2.45) is 0 Å². The molecule has 0 atom stereocenters. The molecular weight excluding hydrogens is 340 g/mol. The highest BCUT2D eigenvalue weighted by molar-refractivity contribution is 5.86. The molecular formula is C21H12N4O2. The van der Waals surface area contributed by atoms with Gasteiger partial charge in [-0.3, -0.25) is 0 Å². The largest absolute Gasteiger partial charge is 0.436 e. The van der Waals surface area contributed by atoms with Crippen molar-refractivity contribution in [1.82, 2.24) is 20.1 Å². The fourth-order valence-electron chi connectivity index (χ4n) is 3.29. The standard InChI is InChI=1S/C21H12N4O2/c1-2-4-16-15(3-1)23-20(24-16)12-5-8-19-17(10-12)25-21(26-19)13-6-7-18-14(9-13)11-22-27-18/h1-11H,(H,23,24). The molecule has 128 valence electrons. The zero-order chi connectivity index (χ0) is 17.8. The number of aromatic amines is 1. The predicted octanol–water partition coefficient (Wildman–Crippen LogP) is 5.18. The van der Waals surface area contributed by atoms with Crippen molar-refractivity contribution in [3.05, 3.63) is 66.9 Å². The summed E-state index contributed by atoms with van der Waals surface area (Å²) in [6.07, 6.45) is 1.68. The van der Waals surface area contributed by atoms with E-state index >= 15 is 0 Å². The number of H-pyrrole nitrogens is 1. The molecule has 0 saturated carbocycles. The Labute approximate surface area is 152 Å².